The third-order valence-electron chi connectivity index (χ3n) is 4.41. The maximum atomic E-state index is 12.8. The summed E-state index contributed by atoms with van der Waals surface area (Å²) in [6.07, 6.45) is 4.07. The molecular formula is C19H29N3O2. The monoisotopic (exact) mass is 331 g/mol. The number of benzene rings is 1. The first-order valence-electron chi connectivity index (χ1n) is 8.86. The van der Waals surface area contributed by atoms with E-state index < -0.39 is 6.04 Å². The summed E-state index contributed by atoms with van der Waals surface area (Å²) in [5.41, 5.74) is 6.73. The van der Waals surface area contributed by atoms with Crippen molar-refractivity contribution in [1.29, 1.82) is 0 Å². The topological polar surface area (TPSA) is 84.2 Å². The van der Waals surface area contributed by atoms with Gasteiger partial charge in [-0.05, 0) is 37.2 Å². The Balaban J connectivity index is 2.04. The van der Waals surface area contributed by atoms with Gasteiger partial charge >= 0.3 is 0 Å². The molecule has 1 fully saturated rings. The molecule has 1 aliphatic rings. The van der Waals surface area contributed by atoms with Crippen LogP contribution in [0.2, 0.25) is 0 Å². The third kappa shape index (κ3) is 5.64. The SMILES string of the molecule is CC(C)CC(=O)NC(C(=O)NC1CCC(N)CC1)c1ccccc1. The van der Waals surface area contributed by atoms with Crippen molar-refractivity contribution < 1.29 is 9.59 Å². The van der Waals surface area contributed by atoms with Crippen LogP contribution < -0.4 is 16.4 Å². The normalized spacial score (nSPS) is 22.0. The Morgan fingerprint density at radius 3 is 2.33 bits per heavy atom. The molecule has 1 aliphatic carbocycles. The van der Waals surface area contributed by atoms with Crippen LogP contribution >= 0.6 is 0 Å². The van der Waals surface area contributed by atoms with Gasteiger partial charge in [0, 0.05) is 18.5 Å². The molecule has 0 bridgehead atoms. The van der Waals surface area contributed by atoms with Gasteiger partial charge in [0.2, 0.25) is 11.8 Å². The largest absolute Gasteiger partial charge is 0.351 e. The zero-order chi connectivity index (χ0) is 17.5. The summed E-state index contributed by atoms with van der Waals surface area (Å²) in [6.45, 7) is 3.98. The van der Waals surface area contributed by atoms with E-state index in [0.29, 0.717) is 6.42 Å². The highest BCUT2D eigenvalue weighted by Crippen LogP contribution is 2.19. The van der Waals surface area contributed by atoms with Crippen molar-refractivity contribution in [2.45, 2.75) is 64.1 Å². The van der Waals surface area contributed by atoms with Gasteiger partial charge in [-0.15, -0.1) is 0 Å². The zero-order valence-electron chi connectivity index (χ0n) is 14.6. The predicted octanol–water partition coefficient (Wildman–Crippen LogP) is 2.28. The number of carbonyl (C=O) groups is 2. The lowest BCUT2D eigenvalue weighted by Gasteiger charge is -2.29. The molecule has 1 aromatic rings. The van der Waals surface area contributed by atoms with Crippen molar-refractivity contribution in [3.05, 3.63) is 35.9 Å². The lowest BCUT2D eigenvalue weighted by Crippen LogP contribution is -2.46. The second-order valence-corrected chi connectivity index (χ2v) is 7.13. The highest BCUT2D eigenvalue weighted by Gasteiger charge is 2.26. The Kier molecular flexibility index (Phi) is 6.79. The molecule has 2 amide bonds. The van der Waals surface area contributed by atoms with Crippen LogP contribution in [-0.4, -0.2) is 23.9 Å². The zero-order valence-corrected chi connectivity index (χ0v) is 14.6. The quantitative estimate of drug-likeness (QED) is 0.747. The molecule has 0 aliphatic heterocycles. The molecule has 5 heteroatoms. The van der Waals surface area contributed by atoms with Gasteiger partial charge in [-0.3, -0.25) is 9.59 Å². The maximum Gasteiger partial charge on any atom is 0.247 e. The summed E-state index contributed by atoms with van der Waals surface area (Å²) in [7, 11) is 0. The summed E-state index contributed by atoms with van der Waals surface area (Å²) >= 11 is 0. The van der Waals surface area contributed by atoms with E-state index >= 15 is 0 Å². The standard InChI is InChI=1S/C19H29N3O2/c1-13(2)12-17(23)22-18(14-6-4-3-5-7-14)19(24)21-16-10-8-15(20)9-11-16/h3-7,13,15-16,18H,8-12,20H2,1-2H3,(H,21,24)(H,22,23). The number of carbonyl (C=O) groups excluding carboxylic acids is 2. The fourth-order valence-electron chi connectivity index (χ4n) is 3.08. The van der Waals surface area contributed by atoms with Gasteiger partial charge in [-0.1, -0.05) is 44.2 Å². The smallest absolute Gasteiger partial charge is 0.247 e. The number of hydrogen-bond donors (Lipinski definition) is 3. The summed E-state index contributed by atoms with van der Waals surface area (Å²) in [4.78, 5) is 24.9. The first-order valence-corrected chi connectivity index (χ1v) is 8.86. The molecule has 2 rings (SSSR count). The van der Waals surface area contributed by atoms with Crippen LogP contribution in [0.1, 0.15) is 57.6 Å². The molecule has 1 unspecified atom stereocenters. The minimum atomic E-state index is -0.645. The van der Waals surface area contributed by atoms with Gasteiger partial charge in [0.1, 0.15) is 6.04 Å². The van der Waals surface area contributed by atoms with E-state index in [4.69, 9.17) is 5.73 Å². The van der Waals surface area contributed by atoms with Gasteiger partial charge < -0.3 is 16.4 Å². The molecular weight excluding hydrogens is 302 g/mol. The average molecular weight is 331 g/mol. The van der Waals surface area contributed by atoms with Gasteiger partial charge in [0.25, 0.3) is 0 Å². The first-order chi connectivity index (χ1) is 11.5. The van der Waals surface area contributed by atoms with Crippen LogP contribution in [0.3, 0.4) is 0 Å². The van der Waals surface area contributed by atoms with Crippen LogP contribution in [0.4, 0.5) is 0 Å². The predicted molar refractivity (Wildman–Crippen MR) is 95.2 cm³/mol. The van der Waals surface area contributed by atoms with Crippen LogP contribution in [0.15, 0.2) is 30.3 Å². The Morgan fingerprint density at radius 1 is 1.12 bits per heavy atom. The third-order valence-corrected chi connectivity index (χ3v) is 4.41. The van der Waals surface area contributed by atoms with E-state index in [1.54, 1.807) is 0 Å². The lowest BCUT2D eigenvalue weighted by atomic mass is 9.91. The van der Waals surface area contributed by atoms with Crippen LogP contribution in [-0.2, 0) is 9.59 Å². The van der Waals surface area contributed by atoms with Gasteiger partial charge in [-0.2, -0.15) is 0 Å². The number of nitrogens with two attached hydrogens (primary N) is 1. The minimum absolute atomic E-state index is 0.0975. The van der Waals surface area contributed by atoms with E-state index in [2.05, 4.69) is 10.6 Å². The van der Waals surface area contributed by atoms with E-state index in [9.17, 15) is 9.59 Å². The molecule has 24 heavy (non-hydrogen) atoms. The first kappa shape index (κ1) is 18.5. The van der Waals surface area contributed by atoms with Gasteiger partial charge in [0.05, 0.1) is 0 Å². The average Bonchev–Trinajstić information content (AvgIpc) is 2.55. The summed E-state index contributed by atoms with van der Waals surface area (Å²) in [5.74, 6) is 0.0164. The van der Waals surface area contributed by atoms with E-state index in [-0.39, 0.29) is 29.8 Å². The van der Waals surface area contributed by atoms with Gasteiger partial charge in [0.15, 0.2) is 0 Å². The molecule has 1 saturated carbocycles. The summed E-state index contributed by atoms with van der Waals surface area (Å²) < 4.78 is 0. The van der Waals surface area contributed by atoms with Crippen LogP contribution in [0, 0.1) is 5.92 Å². The van der Waals surface area contributed by atoms with Crippen molar-refractivity contribution in [3.8, 4) is 0 Å². The number of nitrogens with one attached hydrogen (secondary N) is 2. The highest BCUT2D eigenvalue weighted by molar-refractivity contribution is 5.88. The molecule has 1 aromatic carbocycles. The molecule has 0 saturated heterocycles. The van der Waals surface area contributed by atoms with Crippen molar-refractivity contribution in [1.82, 2.24) is 10.6 Å². The number of rotatable bonds is 6. The van der Waals surface area contributed by atoms with Crippen molar-refractivity contribution in [2.24, 2.45) is 11.7 Å². The second kappa shape index (κ2) is 8.83. The molecule has 0 spiro atoms. The second-order valence-electron chi connectivity index (χ2n) is 7.13. The Morgan fingerprint density at radius 2 is 1.75 bits per heavy atom. The van der Waals surface area contributed by atoms with Crippen LogP contribution in [0.25, 0.3) is 0 Å². The van der Waals surface area contributed by atoms with E-state index in [1.165, 1.54) is 0 Å². The number of amides is 2. The van der Waals surface area contributed by atoms with Crippen molar-refractivity contribution in [2.75, 3.05) is 0 Å². The summed E-state index contributed by atoms with van der Waals surface area (Å²) in [5, 5.41) is 5.97. The molecule has 1 atom stereocenters. The molecule has 0 radical (unpaired) electrons. The fraction of sp³-hybridized carbons (Fsp3) is 0.579. The molecule has 0 heterocycles. The highest BCUT2D eigenvalue weighted by atomic mass is 16.2. The molecule has 132 valence electrons. The summed E-state index contributed by atoms with van der Waals surface area (Å²) in [6, 6.07) is 9.14. The molecule has 0 aromatic heterocycles. The Hall–Kier alpha value is -1.88. The Labute approximate surface area is 144 Å². The van der Waals surface area contributed by atoms with Crippen molar-refractivity contribution in [3.63, 3.8) is 0 Å². The van der Waals surface area contributed by atoms with E-state index in [1.807, 2.05) is 44.2 Å². The Bertz CT molecular complexity index is 537. The van der Waals surface area contributed by atoms with Crippen molar-refractivity contribution >= 4 is 11.8 Å². The molecule has 5 nitrogen and oxygen atoms in total. The number of hydrogen-bond acceptors (Lipinski definition) is 3. The van der Waals surface area contributed by atoms with Gasteiger partial charge in [-0.25, -0.2) is 0 Å². The van der Waals surface area contributed by atoms with Crippen LogP contribution in [0.5, 0.6) is 0 Å². The minimum Gasteiger partial charge on any atom is -0.351 e. The maximum absolute atomic E-state index is 12.8. The molecule has 4 N–H and O–H groups in total. The lowest BCUT2D eigenvalue weighted by molar-refractivity contribution is -0.130. The fourth-order valence-corrected chi connectivity index (χ4v) is 3.08. The van der Waals surface area contributed by atoms with E-state index in [0.717, 1.165) is 31.2 Å².